The van der Waals surface area contributed by atoms with Gasteiger partial charge in [-0.05, 0) is 12.5 Å². The summed E-state index contributed by atoms with van der Waals surface area (Å²) in [6, 6.07) is 10.1. The molecule has 1 aromatic carbocycles. The van der Waals surface area contributed by atoms with Gasteiger partial charge in [0, 0.05) is 7.11 Å². The zero-order valence-corrected chi connectivity index (χ0v) is 8.28. The third kappa shape index (κ3) is 2.90. The summed E-state index contributed by atoms with van der Waals surface area (Å²) < 4.78 is 10.2. The maximum absolute atomic E-state index is 5.38. The van der Waals surface area contributed by atoms with Crippen LogP contribution in [0.4, 0.5) is 0 Å². The zero-order chi connectivity index (χ0) is 8.81. The Balaban J connectivity index is 2.48. The lowest BCUT2D eigenvalue weighted by atomic mass is 10.1. The van der Waals surface area contributed by atoms with Gasteiger partial charge >= 0.3 is 0 Å². The molecule has 2 unspecified atom stereocenters. The molecule has 2 nitrogen and oxygen atoms in total. The van der Waals surface area contributed by atoms with Gasteiger partial charge in [-0.3, -0.25) is 0 Å². The number of hydrogen-bond acceptors (Lipinski definition) is 2. The molecule has 0 aliphatic carbocycles. The van der Waals surface area contributed by atoms with Crippen molar-refractivity contribution in [1.82, 2.24) is 0 Å². The van der Waals surface area contributed by atoms with E-state index in [2.05, 4.69) is 0 Å². The second-order valence-corrected chi connectivity index (χ2v) is 3.27. The molecule has 0 fully saturated rings. The summed E-state index contributed by atoms with van der Waals surface area (Å²) in [5, 5.41) is 0. The third-order valence-electron chi connectivity index (χ3n) is 1.58. The summed E-state index contributed by atoms with van der Waals surface area (Å²) in [6.45, 7) is 2.02. The van der Waals surface area contributed by atoms with Crippen molar-refractivity contribution >= 4 is 9.03 Å². The fourth-order valence-corrected chi connectivity index (χ4v) is 1.29. The van der Waals surface area contributed by atoms with Crippen molar-refractivity contribution in [1.29, 1.82) is 0 Å². The highest BCUT2D eigenvalue weighted by molar-refractivity contribution is 7.26. The van der Waals surface area contributed by atoms with Gasteiger partial charge in [0.05, 0.1) is 6.10 Å². The summed E-state index contributed by atoms with van der Waals surface area (Å²) in [5.41, 5.74) is 1.18. The van der Waals surface area contributed by atoms with Crippen molar-refractivity contribution in [2.24, 2.45) is 0 Å². The van der Waals surface area contributed by atoms with Gasteiger partial charge in [0.1, 0.15) is 0 Å². The van der Waals surface area contributed by atoms with Gasteiger partial charge in [-0.25, -0.2) is 0 Å². The largest absolute Gasteiger partial charge is 0.340 e. The van der Waals surface area contributed by atoms with Crippen LogP contribution in [0.2, 0.25) is 0 Å². The van der Waals surface area contributed by atoms with Crippen molar-refractivity contribution in [3.63, 3.8) is 0 Å². The summed E-state index contributed by atoms with van der Waals surface area (Å²) >= 11 is 0. The molecule has 12 heavy (non-hydrogen) atoms. The molecule has 1 rings (SSSR count). The molecular formula is C9H13O2P. The molecule has 0 saturated carbocycles. The molecule has 0 bridgehead atoms. The Kier molecular flexibility index (Phi) is 4.23. The van der Waals surface area contributed by atoms with Gasteiger partial charge in [-0.15, -0.1) is 0 Å². The molecule has 0 aliphatic rings. The Morgan fingerprint density at radius 3 is 2.50 bits per heavy atom. The average Bonchev–Trinajstić information content (AvgIpc) is 2.15. The quantitative estimate of drug-likeness (QED) is 0.670. The predicted molar refractivity (Wildman–Crippen MR) is 51.3 cm³/mol. The summed E-state index contributed by atoms with van der Waals surface area (Å²) in [6.07, 6.45) is 0.115. The molecule has 0 saturated heterocycles. The van der Waals surface area contributed by atoms with Crippen molar-refractivity contribution in [3.8, 4) is 0 Å². The van der Waals surface area contributed by atoms with E-state index in [9.17, 15) is 0 Å². The van der Waals surface area contributed by atoms with Gasteiger partial charge in [0.15, 0.2) is 9.03 Å². The average molecular weight is 184 g/mol. The van der Waals surface area contributed by atoms with Gasteiger partial charge < -0.3 is 9.05 Å². The fourth-order valence-electron chi connectivity index (χ4n) is 0.912. The molecular weight excluding hydrogens is 171 g/mol. The standard InChI is InChI=1S/C9H13O2P/c1-8(11-12-10-2)9-6-4-3-5-7-9/h3-8,12H,1-2H3. The Hall–Kier alpha value is -0.430. The van der Waals surface area contributed by atoms with Crippen molar-refractivity contribution in [3.05, 3.63) is 35.9 Å². The minimum atomic E-state index is 0.115. The Morgan fingerprint density at radius 1 is 1.25 bits per heavy atom. The minimum absolute atomic E-state index is 0.115. The van der Waals surface area contributed by atoms with Gasteiger partial charge in [0.2, 0.25) is 0 Å². The van der Waals surface area contributed by atoms with E-state index in [0.717, 1.165) is 0 Å². The first-order chi connectivity index (χ1) is 5.84. The first kappa shape index (κ1) is 9.66. The highest BCUT2D eigenvalue weighted by Gasteiger charge is 2.03. The smallest absolute Gasteiger partial charge is 0.155 e. The predicted octanol–water partition coefficient (Wildman–Crippen LogP) is 2.92. The molecule has 0 radical (unpaired) electrons. The van der Waals surface area contributed by atoms with Crippen LogP contribution in [0.25, 0.3) is 0 Å². The molecule has 3 heteroatoms. The third-order valence-corrected chi connectivity index (χ3v) is 2.19. The lowest BCUT2D eigenvalue weighted by molar-refractivity contribution is 0.226. The summed E-state index contributed by atoms with van der Waals surface area (Å²) in [7, 11) is 1.76. The van der Waals surface area contributed by atoms with Gasteiger partial charge in [-0.1, -0.05) is 30.3 Å². The molecule has 2 atom stereocenters. The number of rotatable bonds is 4. The van der Waals surface area contributed by atoms with Crippen LogP contribution in [0.15, 0.2) is 30.3 Å². The van der Waals surface area contributed by atoms with E-state index in [4.69, 9.17) is 9.05 Å². The topological polar surface area (TPSA) is 18.5 Å². The van der Waals surface area contributed by atoms with Gasteiger partial charge in [0.25, 0.3) is 0 Å². The van der Waals surface area contributed by atoms with E-state index < -0.39 is 0 Å². The maximum Gasteiger partial charge on any atom is 0.155 e. The molecule has 0 spiro atoms. The van der Waals surface area contributed by atoms with Crippen molar-refractivity contribution < 1.29 is 9.05 Å². The highest BCUT2D eigenvalue weighted by Crippen LogP contribution is 2.25. The number of benzene rings is 1. The SMILES string of the molecule is COPOC(C)c1ccccc1. The second-order valence-electron chi connectivity index (χ2n) is 2.46. The molecule has 0 N–H and O–H groups in total. The fraction of sp³-hybridized carbons (Fsp3) is 0.333. The minimum Gasteiger partial charge on any atom is -0.340 e. The Labute approximate surface area is 74.8 Å². The lowest BCUT2D eigenvalue weighted by Crippen LogP contribution is -1.92. The van der Waals surface area contributed by atoms with Crippen LogP contribution in [-0.2, 0) is 9.05 Å². The monoisotopic (exact) mass is 184 g/mol. The molecule has 0 aliphatic heterocycles. The van der Waals surface area contributed by atoms with E-state index in [-0.39, 0.29) is 15.1 Å². The second kappa shape index (κ2) is 5.26. The Bertz CT molecular complexity index is 213. The molecule has 66 valence electrons. The van der Waals surface area contributed by atoms with Crippen LogP contribution in [-0.4, -0.2) is 7.11 Å². The highest BCUT2D eigenvalue weighted by atomic mass is 31.1. The van der Waals surface area contributed by atoms with E-state index in [1.807, 2.05) is 37.3 Å². The first-order valence-electron chi connectivity index (χ1n) is 3.83. The normalized spacial score (nSPS) is 13.8. The van der Waals surface area contributed by atoms with Crippen LogP contribution < -0.4 is 0 Å². The Morgan fingerprint density at radius 2 is 1.92 bits per heavy atom. The summed E-state index contributed by atoms with van der Waals surface area (Å²) in [5.74, 6) is 0. The van der Waals surface area contributed by atoms with Crippen molar-refractivity contribution in [2.45, 2.75) is 13.0 Å². The van der Waals surface area contributed by atoms with Gasteiger partial charge in [-0.2, -0.15) is 0 Å². The molecule has 1 aromatic rings. The van der Waals surface area contributed by atoms with E-state index in [1.54, 1.807) is 7.11 Å². The molecule has 0 heterocycles. The molecule has 0 amide bonds. The number of hydrogen-bond donors (Lipinski definition) is 0. The van der Waals surface area contributed by atoms with E-state index in [1.165, 1.54) is 5.56 Å². The zero-order valence-electron chi connectivity index (χ0n) is 7.28. The van der Waals surface area contributed by atoms with Crippen LogP contribution in [0.5, 0.6) is 0 Å². The molecule has 0 aromatic heterocycles. The van der Waals surface area contributed by atoms with Crippen LogP contribution in [0.3, 0.4) is 0 Å². The maximum atomic E-state index is 5.38. The van der Waals surface area contributed by atoms with E-state index in [0.29, 0.717) is 0 Å². The van der Waals surface area contributed by atoms with Crippen LogP contribution >= 0.6 is 9.03 Å². The van der Waals surface area contributed by atoms with Crippen LogP contribution in [0.1, 0.15) is 18.6 Å². The first-order valence-corrected chi connectivity index (χ1v) is 4.65. The van der Waals surface area contributed by atoms with Crippen LogP contribution in [0, 0.1) is 0 Å². The van der Waals surface area contributed by atoms with Crippen molar-refractivity contribution in [2.75, 3.05) is 7.11 Å². The summed E-state index contributed by atoms with van der Waals surface area (Å²) in [4.78, 5) is 0. The lowest BCUT2D eigenvalue weighted by Gasteiger charge is -2.11. The van der Waals surface area contributed by atoms with E-state index >= 15 is 0 Å².